The lowest BCUT2D eigenvalue weighted by Crippen LogP contribution is -2.16. The van der Waals surface area contributed by atoms with E-state index in [9.17, 15) is 18.0 Å². The zero-order chi connectivity index (χ0) is 14.6. The molecule has 0 N–H and O–H groups in total. The van der Waals surface area contributed by atoms with Gasteiger partial charge in [-0.3, -0.25) is 4.79 Å². The first kappa shape index (κ1) is 15.0. The highest BCUT2D eigenvalue weighted by Crippen LogP contribution is 2.29. The molecule has 1 rings (SSSR count). The minimum absolute atomic E-state index is 0.0636. The largest absolute Gasteiger partial charge is 0.493 e. The summed E-state index contributed by atoms with van der Waals surface area (Å²) in [5, 5.41) is 0. The molecule has 0 aliphatic rings. The molecule has 0 amide bonds. The number of carbonyl (C=O) groups excluding carboxylic acids is 2. The number of hydrogen-bond acceptors (Lipinski definition) is 7. The van der Waals surface area contributed by atoms with Gasteiger partial charge < -0.3 is 13.7 Å². The number of ketones is 1. The number of rotatable bonds is 5. The molecule has 8 heteroatoms. The monoisotopic (exact) mass is 288 g/mol. The maximum absolute atomic E-state index is 11.6. The molecule has 0 saturated heterocycles. The summed E-state index contributed by atoms with van der Waals surface area (Å²) in [6.45, 7) is 0. The van der Waals surface area contributed by atoms with E-state index >= 15 is 0 Å². The molecule has 0 aliphatic carbocycles. The van der Waals surface area contributed by atoms with Gasteiger partial charge in [-0.15, -0.1) is 0 Å². The Morgan fingerprint density at radius 1 is 1.11 bits per heavy atom. The zero-order valence-corrected chi connectivity index (χ0v) is 11.3. The highest BCUT2D eigenvalue weighted by atomic mass is 32.2. The Morgan fingerprint density at radius 3 is 2.21 bits per heavy atom. The summed E-state index contributed by atoms with van der Waals surface area (Å²) in [5.74, 6) is -2.04. The number of ether oxygens (including phenoxy) is 2. The van der Waals surface area contributed by atoms with Gasteiger partial charge in [0.2, 0.25) is 0 Å². The predicted molar refractivity (Wildman–Crippen MR) is 64.8 cm³/mol. The van der Waals surface area contributed by atoms with Gasteiger partial charge in [0.15, 0.2) is 11.5 Å². The molecule has 0 bridgehead atoms. The first-order valence-corrected chi connectivity index (χ1v) is 6.80. The fourth-order valence-electron chi connectivity index (χ4n) is 1.26. The van der Waals surface area contributed by atoms with Crippen LogP contribution in [0, 0.1) is 0 Å². The smallest absolute Gasteiger partial charge is 0.379 e. The molecule has 104 valence electrons. The molecule has 0 aromatic heterocycles. The van der Waals surface area contributed by atoms with Crippen molar-refractivity contribution in [2.75, 3.05) is 20.5 Å². The van der Waals surface area contributed by atoms with Gasteiger partial charge in [0.25, 0.3) is 5.78 Å². The molecule has 0 unspecified atom stereocenters. The second-order valence-corrected chi connectivity index (χ2v) is 5.05. The van der Waals surface area contributed by atoms with Crippen molar-refractivity contribution in [2.24, 2.45) is 0 Å². The fraction of sp³-hybridized carbons (Fsp3) is 0.273. The molecular weight excluding hydrogens is 276 g/mol. The van der Waals surface area contributed by atoms with Crippen molar-refractivity contribution in [1.82, 2.24) is 0 Å². The summed E-state index contributed by atoms with van der Waals surface area (Å²) in [6.07, 6.45) is 0.848. The van der Waals surface area contributed by atoms with E-state index in [1.807, 2.05) is 0 Å². The minimum Gasteiger partial charge on any atom is -0.493 e. The van der Waals surface area contributed by atoms with Crippen molar-refractivity contribution in [2.45, 2.75) is 0 Å². The SMILES string of the molecule is COC(=O)C(=O)c1ccc(OC)c(OS(C)(=O)=O)c1. The molecule has 0 radical (unpaired) electrons. The van der Waals surface area contributed by atoms with Gasteiger partial charge in [-0.2, -0.15) is 8.42 Å². The van der Waals surface area contributed by atoms with Crippen molar-refractivity contribution in [3.8, 4) is 11.5 Å². The van der Waals surface area contributed by atoms with Crippen LogP contribution in [0.5, 0.6) is 11.5 Å². The molecule has 0 fully saturated rings. The van der Waals surface area contributed by atoms with Crippen LogP contribution < -0.4 is 8.92 Å². The second kappa shape index (κ2) is 5.70. The summed E-state index contributed by atoms with van der Waals surface area (Å²) >= 11 is 0. The average Bonchev–Trinajstić information content (AvgIpc) is 2.35. The number of Topliss-reactive ketones (excluding diaryl/α,β-unsaturated/α-hetero) is 1. The normalized spacial score (nSPS) is 10.7. The molecule has 0 spiro atoms. The van der Waals surface area contributed by atoms with Gasteiger partial charge in [0, 0.05) is 5.56 Å². The van der Waals surface area contributed by atoms with E-state index in [4.69, 9.17) is 4.74 Å². The molecule has 19 heavy (non-hydrogen) atoms. The predicted octanol–water partition coefficient (Wildman–Crippen LogP) is 0.389. The molecule has 0 heterocycles. The Bertz CT molecular complexity index is 603. The molecule has 0 saturated carbocycles. The molecule has 1 aromatic rings. The van der Waals surface area contributed by atoms with Crippen molar-refractivity contribution in [3.05, 3.63) is 23.8 Å². The first-order chi connectivity index (χ1) is 8.78. The summed E-state index contributed by atoms with van der Waals surface area (Å²) < 4.78 is 36.0. The number of methoxy groups -OCH3 is 2. The van der Waals surface area contributed by atoms with Gasteiger partial charge in [-0.1, -0.05) is 0 Å². The van der Waals surface area contributed by atoms with Crippen molar-refractivity contribution in [1.29, 1.82) is 0 Å². The van der Waals surface area contributed by atoms with E-state index in [-0.39, 0.29) is 17.1 Å². The molecular formula is C11H12O7S. The van der Waals surface area contributed by atoms with E-state index in [2.05, 4.69) is 8.92 Å². The number of hydrogen-bond donors (Lipinski definition) is 0. The number of esters is 1. The van der Waals surface area contributed by atoms with Crippen LogP contribution in [0.25, 0.3) is 0 Å². The Morgan fingerprint density at radius 2 is 1.74 bits per heavy atom. The average molecular weight is 288 g/mol. The van der Waals surface area contributed by atoms with Crippen LogP contribution in [0.3, 0.4) is 0 Å². The Labute approximate surface area is 110 Å². The Kier molecular flexibility index (Phi) is 4.49. The molecule has 0 atom stereocenters. The first-order valence-electron chi connectivity index (χ1n) is 4.98. The van der Waals surface area contributed by atoms with Crippen molar-refractivity contribution >= 4 is 21.9 Å². The van der Waals surface area contributed by atoms with E-state index in [0.717, 1.165) is 19.4 Å². The standard InChI is InChI=1S/C11H12O7S/c1-16-8-5-4-7(10(12)11(13)17-2)6-9(8)18-19(3,14)15/h4-6H,1-3H3. The summed E-state index contributed by atoms with van der Waals surface area (Å²) in [7, 11) is -1.41. The van der Waals surface area contributed by atoms with Crippen molar-refractivity contribution < 1.29 is 31.7 Å². The lowest BCUT2D eigenvalue weighted by molar-refractivity contribution is -0.135. The van der Waals surface area contributed by atoms with Gasteiger partial charge in [-0.25, -0.2) is 4.79 Å². The van der Waals surface area contributed by atoms with E-state index in [1.54, 1.807) is 0 Å². The van der Waals surface area contributed by atoms with E-state index < -0.39 is 21.9 Å². The van der Waals surface area contributed by atoms with E-state index in [0.29, 0.717) is 0 Å². The van der Waals surface area contributed by atoms with Crippen LogP contribution in [-0.4, -0.2) is 40.6 Å². The van der Waals surface area contributed by atoms with Crippen LogP contribution in [0.2, 0.25) is 0 Å². The van der Waals surface area contributed by atoms with Gasteiger partial charge in [-0.05, 0) is 18.2 Å². The van der Waals surface area contributed by atoms with Gasteiger partial charge in [0.1, 0.15) is 0 Å². The topological polar surface area (TPSA) is 96.0 Å². The quantitative estimate of drug-likeness (QED) is 0.334. The summed E-state index contributed by atoms with van der Waals surface area (Å²) in [5.41, 5.74) is -0.0636. The Balaban J connectivity index is 3.22. The summed E-state index contributed by atoms with van der Waals surface area (Å²) in [6, 6.07) is 3.71. The zero-order valence-electron chi connectivity index (χ0n) is 10.5. The second-order valence-electron chi connectivity index (χ2n) is 3.47. The van der Waals surface area contributed by atoms with E-state index in [1.165, 1.54) is 19.2 Å². The van der Waals surface area contributed by atoms with Crippen molar-refractivity contribution in [3.63, 3.8) is 0 Å². The van der Waals surface area contributed by atoms with Crippen LogP contribution in [0.4, 0.5) is 0 Å². The Hall–Kier alpha value is -2.09. The number of benzene rings is 1. The van der Waals surface area contributed by atoms with Crippen LogP contribution >= 0.6 is 0 Å². The lowest BCUT2D eigenvalue weighted by atomic mass is 10.1. The van der Waals surface area contributed by atoms with Crippen LogP contribution in [0.15, 0.2) is 18.2 Å². The third-order valence-electron chi connectivity index (χ3n) is 2.04. The fourth-order valence-corrected chi connectivity index (χ4v) is 1.71. The van der Waals surface area contributed by atoms with Crippen LogP contribution in [-0.2, 0) is 19.6 Å². The number of carbonyl (C=O) groups is 2. The maximum Gasteiger partial charge on any atom is 0.379 e. The third kappa shape index (κ3) is 3.95. The van der Waals surface area contributed by atoms with Gasteiger partial charge >= 0.3 is 16.1 Å². The highest BCUT2D eigenvalue weighted by molar-refractivity contribution is 7.86. The summed E-state index contributed by atoms with van der Waals surface area (Å²) in [4.78, 5) is 22.7. The molecule has 0 aliphatic heterocycles. The molecule has 1 aromatic carbocycles. The minimum atomic E-state index is -3.79. The lowest BCUT2D eigenvalue weighted by Gasteiger charge is -2.09. The molecule has 7 nitrogen and oxygen atoms in total. The maximum atomic E-state index is 11.6. The third-order valence-corrected chi connectivity index (χ3v) is 2.52. The van der Waals surface area contributed by atoms with Crippen LogP contribution in [0.1, 0.15) is 10.4 Å². The highest BCUT2D eigenvalue weighted by Gasteiger charge is 2.20. The van der Waals surface area contributed by atoms with Gasteiger partial charge in [0.05, 0.1) is 20.5 Å².